The van der Waals surface area contributed by atoms with Gasteiger partial charge in [-0.05, 0) is 44.4 Å². The van der Waals surface area contributed by atoms with Crippen molar-refractivity contribution in [2.24, 2.45) is 5.73 Å². The third-order valence-corrected chi connectivity index (χ3v) is 4.52. The molecular formula is C17H29N3. The molecule has 1 aliphatic rings. The molecule has 1 aromatic heterocycles. The fraction of sp³-hybridized carbons (Fsp3) is 0.706. The summed E-state index contributed by atoms with van der Waals surface area (Å²) < 4.78 is 0. The maximum Gasteiger partial charge on any atom is 0.0675 e. The van der Waals surface area contributed by atoms with Crippen molar-refractivity contribution < 1.29 is 0 Å². The Morgan fingerprint density at radius 3 is 2.85 bits per heavy atom. The van der Waals surface area contributed by atoms with E-state index in [1.54, 1.807) is 0 Å². The highest BCUT2D eigenvalue weighted by Gasteiger charge is 2.33. The molecule has 0 aromatic carbocycles. The summed E-state index contributed by atoms with van der Waals surface area (Å²) >= 11 is 0. The van der Waals surface area contributed by atoms with Crippen molar-refractivity contribution in [3.63, 3.8) is 0 Å². The van der Waals surface area contributed by atoms with Crippen LogP contribution < -0.4 is 5.73 Å². The van der Waals surface area contributed by atoms with Crippen LogP contribution in [-0.2, 0) is 0 Å². The predicted octanol–water partition coefficient (Wildman–Crippen LogP) is 3.51. The monoisotopic (exact) mass is 275 g/mol. The van der Waals surface area contributed by atoms with Crippen LogP contribution in [0.1, 0.15) is 64.1 Å². The Bertz CT molecular complexity index is 377. The van der Waals surface area contributed by atoms with Crippen LogP contribution in [0.5, 0.6) is 0 Å². The number of rotatable bonds is 6. The van der Waals surface area contributed by atoms with Crippen LogP contribution in [-0.4, -0.2) is 28.5 Å². The molecule has 0 amide bonds. The number of piperidine rings is 1. The fourth-order valence-corrected chi connectivity index (χ4v) is 3.44. The minimum atomic E-state index is 0.169. The van der Waals surface area contributed by atoms with Crippen LogP contribution in [0.15, 0.2) is 24.4 Å². The lowest BCUT2D eigenvalue weighted by atomic mass is 9.91. The van der Waals surface area contributed by atoms with E-state index in [2.05, 4.69) is 35.9 Å². The maximum absolute atomic E-state index is 6.46. The van der Waals surface area contributed by atoms with Crippen molar-refractivity contribution in [2.45, 2.75) is 70.5 Å². The van der Waals surface area contributed by atoms with E-state index in [0.717, 1.165) is 12.1 Å². The first kappa shape index (κ1) is 15.5. The van der Waals surface area contributed by atoms with E-state index < -0.39 is 0 Å². The largest absolute Gasteiger partial charge is 0.326 e. The molecule has 0 bridgehead atoms. The van der Waals surface area contributed by atoms with Crippen molar-refractivity contribution in [1.29, 1.82) is 0 Å². The van der Waals surface area contributed by atoms with E-state index in [1.165, 1.54) is 38.6 Å². The first-order valence-electron chi connectivity index (χ1n) is 8.20. The summed E-state index contributed by atoms with van der Waals surface area (Å²) in [5.41, 5.74) is 7.60. The summed E-state index contributed by atoms with van der Waals surface area (Å²) in [4.78, 5) is 7.24. The number of likely N-dealkylation sites (tertiary alicyclic amines) is 1. The van der Waals surface area contributed by atoms with Crippen molar-refractivity contribution in [3.8, 4) is 0 Å². The number of pyridine rings is 1. The average Bonchev–Trinajstić information content (AvgIpc) is 2.50. The Morgan fingerprint density at radius 1 is 1.35 bits per heavy atom. The van der Waals surface area contributed by atoms with Gasteiger partial charge in [-0.25, -0.2) is 0 Å². The first-order valence-corrected chi connectivity index (χ1v) is 8.20. The Morgan fingerprint density at radius 2 is 2.20 bits per heavy atom. The van der Waals surface area contributed by atoms with E-state index in [1.807, 2.05) is 12.3 Å². The SMILES string of the molecule is CCCC1CCCCN1C(c1ccccn1)C(N)CC. The van der Waals surface area contributed by atoms with Gasteiger partial charge in [0.25, 0.3) is 0 Å². The first-order chi connectivity index (χ1) is 9.77. The summed E-state index contributed by atoms with van der Waals surface area (Å²) in [7, 11) is 0. The second kappa shape index (κ2) is 7.75. The Balaban J connectivity index is 2.25. The van der Waals surface area contributed by atoms with E-state index in [9.17, 15) is 0 Å². The molecule has 0 radical (unpaired) electrons. The Labute approximate surface area is 123 Å². The molecule has 0 spiro atoms. The molecule has 20 heavy (non-hydrogen) atoms. The Kier molecular flexibility index (Phi) is 5.99. The highest BCUT2D eigenvalue weighted by molar-refractivity contribution is 5.12. The van der Waals surface area contributed by atoms with Gasteiger partial charge in [0.1, 0.15) is 0 Å². The summed E-state index contributed by atoms with van der Waals surface area (Å²) in [5.74, 6) is 0. The highest BCUT2D eigenvalue weighted by Crippen LogP contribution is 2.32. The predicted molar refractivity (Wildman–Crippen MR) is 84.5 cm³/mol. The van der Waals surface area contributed by atoms with Gasteiger partial charge in [0.2, 0.25) is 0 Å². The molecule has 0 saturated carbocycles. The second-order valence-electron chi connectivity index (χ2n) is 5.95. The van der Waals surface area contributed by atoms with E-state index >= 15 is 0 Å². The maximum atomic E-state index is 6.46. The van der Waals surface area contributed by atoms with Gasteiger partial charge in [-0.15, -0.1) is 0 Å². The van der Waals surface area contributed by atoms with Gasteiger partial charge in [0.05, 0.1) is 11.7 Å². The van der Waals surface area contributed by atoms with Gasteiger partial charge in [-0.2, -0.15) is 0 Å². The molecular weight excluding hydrogens is 246 g/mol. The summed E-state index contributed by atoms with van der Waals surface area (Å²) in [5, 5.41) is 0. The molecule has 2 rings (SSSR count). The van der Waals surface area contributed by atoms with Crippen molar-refractivity contribution in [2.75, 3.05) is 6.54 Å². The minimum absolute atomic E-state index is 0.169. The third kappa shape index (κ3) is 3.58. The van der Waals surface area contributed by atoms with Crippen molar-refractivity contribution >= 4 is 0 Å². The van der Waals surface area contributed by atoms with E-state index in [4.69, 9.17) is 5.73 Å². The van der Waals surface area contributed by atoms with Gasteiger partial charge in [-0.3, -0.25) is 9.88 Å². The minimum Gasteiger partial charge on any atom is -0.326 e. The third-order valence-electron chi connectivity index (χ3n) is 4.52. The number of nitrogens with two attached hydrogens (primary N) is 1. The van der Waals surface area contributed by atoms with E-state index in [0.29, 0.717) is 6.04 Å². The molecule has 3 heteroatoms. The number of aromatic nitrogens is 1. The van der Waals surface area contributed by atoms with Crippen molar-refractivity contribution in [1.82, 2.24) is 9.88 Å². The highest BCUT2D eigenvalue weighted by atomic mass is 15.2. The lowest BCUT2D eigenvalue weighted by Crippen LogP contribution is -2.48. The van der Waals surface area contributed by atoms with Gasteiger partial charge in [0, 0.05) is 18.3 Å². The quantitative estimate of drug-likeness (QED) is 0.864. The number of nitrogens with zero attached hydrogens (tertiary/aromatic N) is 2. The normalized spacial score (nSPS) is 23.4. The molecule has 3 unspecified atom stereocenters. The standard InChI is InChI=1S/C17H29N3/c1-3-9-14-10-6-8-13-20(14)17(15(18)4-2)16-11-5-7-12-19-16/h5,7,11-12,14-15,17H,3-4,6,8-10,13,18H2,1-2H3. The summed E-state index contributed by atoms with van der Waals surface area (Å²) in [6.45, 7) is 5.63. The lowest BCUT2D eigenvalue weighted by molar-refractivity contribution is 0.0704. The zero-order valence-corrected chi connectivity index (χ0v) is 13.0. The smallest absolute Gasteiger partial charge is 0.0675 e. The zero-order valence-electron chi connectivity index (χ0n) is 13.0. The Hall–Kier alpha value is -0.930. The van der Waals surface area contributed by atoms with Crippen LogP contribution in [0, 0.1) is 0 Å². The molecule has 1 aromatic rings. The zero-order chi connectivity index (χ0) is 14.4. The molecule has 0 aliphatic carbocycles. The molecule has 1 aliphatic heterocycles. The van der Waals surface area contributed by atoms with Crippen LogP contribution in [0.25, 0.3) is 0 Å². The average molecular weight is 275 g/mol. The molecule has 2 heterocycles. The fourth-order valence-electron chi connectivity index (χ4n) is 3.44. The second-order valence-corrected chi connectivity index (χ2v) is 5.95. The topological polar surface area (TPSA) is 42.2 Å². The molecule has 3 atom stereocenters. The van der Waals surface area contributed by atoms with Gasteiger partial charge >= 0.3 is 0 Å². The van der Waals surface area contributed by atoms with Gasteiger partial charge < -0.3 is 5.73 Å². The summed E-state index contributed by atoms with van der Waals surface area (Å²) in [6.07, 6.45) is 9.38. The van der Waals surface area contributed by atoms with Crippen LogP contribution in [0.2, 0.25) is 0 Å². The van der Waals surface area contributed by atoms with Crippen LogP contribution >= 0.6 is 0 Å². The lowest BCUT2D eigenvalue weighted by Gasteiger charge is -2.43. The number of hydrogen-bond donors (Lipinski definition) is 1. The molecule has 3 nitrogen and oxygen atoms in total. The molecule has 112 valence electrons. The molecule has 1 saturated heterocycles. The molecule has 2 N–H and O–H groups in total. The van der Waals surface area contributed by atoms with Gasteiger partial charge in [-0.1, -0.05) is 32.8 Å². The number of hydrogen-bond acceptors (Lipinski definition) is 3. The van der Waals surface area contributed by atoms with Crippen LogP contribution in [0.3, 0.4) is 0 Å². The van der Waals surface area contributed by atoms with E-state index in [-0.39, 0.29) is 12.1 Å². The van der Waals surface area contributed by atoms with Crippen molar-refractivity contribution in [3.05, 3.63) is 30.1 Å². The van der Waals surface area contributed by atoms with Crippen LogP contribution in [0.4, 0.5) is 0 Å². The summed E-state index contributed by atoms with van der Waals surface area (Å²) in [6, 6.07) is 7.32. The van der Waals surface area contributed by atoms with Gasteiger partial charge in [0.15, 0.2) is 0 Å². The molecule has 1 fully saturated rings.